The molecule has 1 heterocycles. The fraction of sp³-hybridized carbons (Fsp3) is 0.619. The molecule has 0 bridgehead atoms. The van der Waals surface area contributed by atoms with Crippen LogP contribution in [0.4, 0.5) is 0 Å². The van der Waals surface area contributed by atoms with Gasteiger partial charge in [-0.1, -0.05) is 31.4 Å². The summed E-state index contributed by atoms with van der Waals surface area (Å²) in [7, 11) is 1.64. The molecule has 2 amide bonds. The molecule has 1 saturated heterocycles. The van der Waals surface area contributed by atoms with Crippen LogP contribution < -0.4 is 15.4 Å². The molecule has 6 heteroatoms. The molecule has 1 aliphatic heterocycles. The van der Waals surface area contributed by atoms with E-state index in [1.807, 2.05) is 24.3 Å². The van der Waals surface area contributed by atoms with Gasteiger partial charge in [-0.25, -0.2) is 0 Å². The fourth-order valence-electron chi connectivity index (χ4n) is 4.10. The van der Waals surface area contributed by atoms with Gasteiger partial charge in [-0.05, 0) is 43.4 Å². The molecule has 1 aromatic carbocycles. The molecule has 1 aromatic rings. The molecular formula is C21H30N2O4. The van der Waals surface area contributed by atoms with Gasteiger partial charge in [0, 0.05) is 31.2 Å². The Morgan fingerprint density at radius 3 is 2.37 bits per heavy atom. The van der Waals surface area contributed by atoms with Crippen LogP contribution in [0.3, 0.4) is 0 Å². The van der Waals surface area contributed by atoms with Crippen LogP contribution in [0, 0.1) is 0 Å². The van der Waals surface area contributed by atoms with Gasteiger partial charge in [-0.3, -0.25) is 9.59 Å². The van der Waals surface area contributed by atoms with E-state index in [0.717, 1.165) is 49.8 Å². The quantitative estimate of drug-likeness (QED) is 0.776. The number of carbonyl (C=O) groups is 2. The summed E-state index contributed by atoms with van der Waals surface area (Å²) < 4.78 is 10.8. The third-order valence-electron chi connectivity index (χ3n) is 5.89. The summed E-state index contributed by atoms with van der Waals surface area (Å²) in [6.45, 7) is 1.73. The summed E-state index contributed by atoms with van der Waals surface area (Å²) in [6, 6.07) is 8.08. The van der Waals surface area contributed by atoms with Crippen molar-refractivity contribution in [3.8, 4) is 5.75 Å². The van der Waals surface area contributed by atoms with E-state index in [-0.39, 0.29) is 11.5 Å². The summed E-state index contributed by atoms with van der Waals surface area (Å²) >= 11 is 0. The lowest BCUT2D eigenvalue weighted by molar-refractivity contribution is -0.140. The van der Waals surface area contributed by atoms with Crippen molar-refractivity contribution in [2.45, 2.75) is 56.4 Å². The summed E-state index contributed by atoms with van der Waals surface area (Å²) in [4.78, 5) is 24.6. The van der Waals surface area contributed by atoms with Crippen molar-refractivity contribution in [2.24, 2.45) is 0 Å². The number of methoxy groups -OCH3 is 1. The number of nitrogens with one attached hydrogen (secondary N) is 2. The third kappa shape index (κ3) is 5.01. The molecule has 2 N–H and O–H groups in total. The lowest BCUT2D eigenvalue weighted by Crippen LogP contribution is -2.50. The van der Waals surface area contributed by atoms with E-state index in [1.165, 1.54) is 6.42 Å². The minimum absolute atomic E-state index is 0.135. The van der Waals surface area contributed by atoms with Crippen LogP contribution in [0.25, 0.3) is 0 Å². The monoisotopic (exact) mass is 374 g/mol. The maximum atomic E-state index is 12.4. The predicted molar refractivity (Wildman–Crippen MR) is 103 cm³/mol. The minimum Gasteiger partial charge on any atom is -0.497 e. The lowest BCUT2D eigenvalue weighted by Gasteiger charge is -2.38. The van der Waals surface area contributed by atoms with Crippen LogP contribution in [0.1, 0.15) is 50.5 Å². The van der Waals surface area contributed by atoms with Crippen molar-refractivity contribution >= 4 is 11.8 Å². The van der Waals surface area contributed by atoms with E-state index in [1.54, 1.807) is 7.11 Å². The number of rotatable bonds is 5. The van der Waals surface area contributed by atoms with E-state index >= 15 is 0 Å². The number of hydrogen-bond acceptors (Lipinski definition) is 4. The maximum Gasteiger partial charge on any atom is 0.309 e. The molecule has 0 unspecified atom stereocenters. The summed E-state index contributed by atoms with van der Waals surface area (Å²) in [5.41, 5.74) is 0.922. The summed E-state index contributed by atoms with van der Waals surface area (Å²) in [5.74, 6) is -0.254. The Kier molecular flexibility index (Phi) is 6.72. The number of benzene rings is 1. The molecule has 27 heavy (non-hydrogen) atoms. The Balaban J connectivity index is 1.62. The van der Waals surface area contributed by atoms with Gasteiger partial charge in [0.1, 0.15) is 5.75 Å². The summed E-state index contributed by atoms with van der Waals surface area (Å²) in [5, 5.41) is 5.75. The molecule has 1 saturated carbocycles. The van der Waals surface area contributed by atoms with Gasteiger partial charge in [0.05, 0.1) is 7.11 Å². The first-order chi connectivity index (χ1) is 13.1. The molecule has 0 atom stereocenters. The Morgan fingerprint density at radius 1 is 1.07 bits per heavy atom. The first-order valence-electron chi connectivity index (χ1n) is 9.94. The van der Waals surface area contributed by atoms with E-state index in [0.29, 0.717) is 19.8 Å². The van der Waals surface area contributed by atoms with Gasteiger partial charge in [0.2, 0.25) is 0 Å². The number of carbonyl (C=O) groups excluding carboxylic acids is 2. The van der Waals surface area contributed by atoms with Gasteiger partial charge in [0.25, 0.3) is 0 Å². The molecule has 148 valence electrons. The van der Waals surface area contributed by atoms with Crippen molar-refractivity contribution in [3.05, 3.63) is 29.8 Å². The zero-order chi connectivity index (χ0) is 19.1. The first-order valence-corrected chi connectivity index (χ1v) is 9.94. The van der Waals surface area contributed by atoms with Crippen molar-refractivity contribution in [3.63, 3.8) is 0 Å². The highest BCUT2D eigenvalue weighted by Crippen LogP contribution is 2.35. The molecule has 0 radical (unpaired) electrons. The largest absolute Gasteiger partial charge is 0.497 e. The van der Waals surface area contributed by atoms with Gasteiger partial charge >= 0.3 is 11.8 Å². The predicted octanol–water partition coefficient (Wildman–Crippen LogP) is 2.31. The number of amides is 2. The average molecular weight is 374 g/mol. The lowest BCUT2D eigenvalue weighted by atomic mass is 9.74. The van der Waals surface area contributed by atoms with Crippen LogP contribution in [0.2, 0.25) is 0 Å². The Labute approximate surface area is 161 Å². The van der Waals surface area contributed by atoms with Crippen LogP contribution in [-0.4, -0.2) is 44.7 Å². The fourth-order valence-corrected chi connectivity index (χ4v) is 4.10. The van der Waals surface area contributed by atoms with Gasteiger partial charge in [-0.2, -0.15) is 0 Å². The Bertz CT molecular complexity index is 632. The van der Waals surface area contributed by atoms with E-state index in [2.05, 4.69) is 10.6 Å². The van der Waals surface area contributed by atoms with Crippen molar-refractivity contribution < 1.29 is 19.1 Å². The normalized spacial score (nSPS) is 19.9. The smallest absolute Gasteiger partial charge is 0.309 e. The molecule has 2 aliphatic rings. The second kappa shape index (κ2) is 9.22. The number of hydrogen-bond donors (Lipinski definition) is 2. The molecule has 0 aromatic heterocycles. The molecule has 1 aliphatic carbocycles. The Hall–Kier alpha value is -2.08. The Morgan fingerprint density at radius 2 is 1.74 bits per heavy atom. The van der Waals surface area contributed by atoms with Crippen LogP contribution in [0.15, 0.2) is 24.3 Å². The van der Waals surface area contributed by atoms with Gasteiger partial charge in [0.15, 0.2) is 0 Å². The molecule has 6 nitrogen and oxygen atoms in total. The number of ether oxygens (including phenoxy) is 2. The standard InChI is InChI=1S/C21H30N2O4/c1-26-18-9-7-16(8-10-18)21(11-13-27-14-12-21)15-22-19(24)20(25)23-17-5-3-2-4-6-17/h7-10,17H,2-6,11-15H2,1H3,(H,22,24)(H,23,25). The maximum absolute atomic E-state index is 12.4. The summed E-state index contributed by atoms with van der Waals surface area (Å²) in [6.07, 6.45) is 7.00. The topological polar surface area (TPSA) is 76.7 Å². The average Bonchev–Trinajstić information content (AvgIpc) is 2.73. The zero-order valence-corrected chi connectivity index (χ0v) is 16.1. The highest BCUT2D eigenvalue weighted by atomic mass is 16.5. The zero-order valence-electron chi connectivity index (χ0n) is 16.1. The van der Waals surface area contributed by atoms with Crippen LogP contribution >= 0.6 is 0 Å². The highest BCUT2D eigenvalue weighted by molar-refractivity contribution is 6.35. The SMILES string of the molecule is COc1ccc(C2(CNC(=O)C(=O)NC3CCCCC3)CCOCC2)cc1. The van der Waals surface area contributed by atoms with Crippen LogP contribution in [0.5, 0.6) is 5.75 Å². The third-order valence-corrected chi connectivity index (χ3v) is 5.89. The molecule has 2 fully saturated rings. The van der Waals surface area contributed by atoms with E-state index in [9.17, 15) is 9.59 Å². The second-order valence-electron chi connectivity index (χ2n) is 7.61. The van der Waals surface area contributed by atoms with Crippen molar-refractivity contribution in [1.82, 2.24) is 10.6 Å². The van der Waals surface area contributed by atoms with E-state index in [4.69, 9.17) is 9.47 Å². The first kappa shape index (κ1) is 19.7. The van der Waals surface area contributed by atoms with Gasteiger partial charge in [-0.15, -0.1) is 0 Å². The second-order valence-corrected chi connectivity index (χ2v) is 7.61. The minimum atomic E-state index is -0.542. The molecular weight excluding hydrogens is 344 g/mol. The van der Waals surface area contributed by atoms with Gasteiger partial charge < -0.3 is 20.1 Å². The highest BCUT2D eigenvalue weighted by Gasteiger charge is 2.35. The molecule has 3 rings (SSSR count). The van der Waals surface area contributed by atoms with Crippen molar-refractivity contribution in [1.29, 1.82) is 0 Å². The molecule has 0 spiro atoms. The van der Waals surface area contributed by atoms with E-state index < -0.39 is 11.8 Å². The van der Waals surface area contributed by atoms with Crippen LogP contribution in [-0.2, 0) is 19.7 Å². The van der Waals surface area contributed by atoms with Crippen molar-refractivity contribution in [2.75, 3.05) is 26.9 Å².